The van der Waals surface area contributed by atoms with Crippen molar-refractivity contribution in [2.75, 3.05) is 17.7 Å². The van der Waals surface area contributed by atoms with Gasteiger partial charge in [-0.05, 0) is 42.5 Å². The fourth-order valence-corrected chi connectivity index (χ4v) is 3.63. The molecule has 2 N–H and O–H groups in total. The monoisotopic (exact) mass is 545 g/mol. The summed E-state index contributed by atoms with van der Waals surface area (Å²) in [4.78, 5) is 24.4. The van der Waals surface area contributed by atoms with Crippen LogP contribution in [0.3, 0.4) is 0 Å². The molecular formula is C25H24BrNO6S. The van der Waals surface area contributed by atoms with E-state index in [4.69, 9.17) is 14.2 Å². The number of carbonyl (C=O) groups excluding carboxylic acids is 2. The van der Waals surface area contributed by atoms with E-state index in [9.17, 15) is 14.7 Å². The molecule has 0 aliphatic heterocycles. The van der Waals surface area contributed by atoms with E-state index in [2.05, 4.69) is 33.9 Å². The maximum Gasteiger partial charge on any atom is 0.412 e. The van der Waals surface area contributed by atoms with Crippen LogP contribution in [0.15, 0.2) is 83.3 Å². The molecule has 0 radical (unpaired) electrons. The van der Waals surface area contributed by atoms with Gasteiger partial charge in [0.2, 0.25) is 0 Å². The van der Waals surface area contributed by atoms with Crippen molar-refractivity contribution < 1.29 is 28.9 Å². The number of anilines is 1. The number of phenols is 1. The van der Waals surface area contributed by atoms with Gasteiger partial charge in [0.15, 0.2) is 6.10 Å². The van der Waals surface area contributed by atoms with E-state index in [1.165, 1.54) is 6.07 Å². The van der Waals surface area contributed by atoms with Gasteiger partial charge in [0.25, 0.3) is 0 Å². The third-order valence-electron chi connectivity index (χ3n) is 4.71. The predicted molar refractivity (Wildman–Crippen MR) is 135 cm³/mol. The topological polar surface area (TPSA) is 94.1 Å². The van der Waals surface area contributed by atoms with Gasteiger partial charge in [0, 0.05) is 22.1 Å². The Morgan fingerprint density at radius 3 is 2.35 bits per heavy atom. The Balaban J connectivity index is 1.91. The molecule has 0 aromatic heterocycles. The summed E-state index contributed by atoms with van der Waals surface area (Å²) >= 11 is 7.31. The normalized spacial score (nSPS) is 12.3. The summed E-state index contributed by atoms with van der Waals surface area (Å²) in [5.74, 6) is -0.0866. The standard InChI is InChI=1S/C25H24BrNO6S/c26-17-11-12-21(28)20(15-17)24(33-25(30)27-18-7-3-1-4-8-18)22(13-14-31-23(29)16-34)32-19-9-5-2-6-10-19/h1-12,15,22,24,28,34H,13-14,16H2,(H,27,30)/t22-,24-/m0/s1. The molecule has 3 aromatic carbocycles. The molecule has 0 spiro atoms. The summed E-state index contributed by atoms with van der Waals surface area (Å²) in [6, 6.07) is 22.6. The third kappa shape index (κ3) is 7.71. The molecular weight excluding hydrogens is 522 g/mol. The summed E-state index contributed by atoms with van der Waals surface area (Å²) in [5, 5.41) is 13.3. The smallest absolute Gasteiger partial charge is 0.412 e. The summed E-state index contributed by atoms with van der Waals surface area (Å²) in [6.45, 7) is 0.00578. The van der Waals surface area contributed by atoms with Gasteiger partial charge in [-0.2, -0.15) is 12.6 Å². The Bertz CT molecular complexity index is 1080. The van der Waals surface area contributed by atoms with Crippen molar-refractivity contribution in [1.82, 2.24) is 0 Å². The molecule has 0 saturated carbocycles. The van der Waals surface area contributed by atoms with Gasteiger partial charge >= 0.3 is 12.1 Å². The second-order valence-corrected chi connectivity index (χ2v) is 8.39. The number of hydrogen-bond donors (Lipinski definition) is 3. The van der Waals surface area contributed by atoms with E-state index in [-0.39, 0.29) is 24.5 Å². The van der Waals surface area contributed by atoms with Crippen LogP contribution < -0.4 is 10.1 Å². The molecule has 3 aromatic rings. The van der Waals surface area contributed by atoms with Crippen LogP contribution >= 0.6 is 28.6 Å². The lowest BCUT2D eigenvalue weighted by molar-refractivity contribution is -0.141. The second kappa shape index (κ2) is 12.9. The lowest BCUT2D eigenvalue weighted by atomic mass is 10.0. The third-order valence-corrected chi connectivity index (χ3v) is 5.46. The SMILES string of the molecule is O=C(CS)OCC[C@H](Oc1ccccc1)[C@@H](OC(=O)Nc1ccccc1)c1cc(Br)ccc1O. The van der Waals surface area contributed by atoms with Gasteiger partial charge in [-0.1, -0.05) is 52.3 Å². The first-order valence-corrected chi connectivity index (χ1v) is 11.9. The van der Waals surface area contributed by atoms with Crippen LogP contribution in [0.5, 0.6) is 11.5 Å². The molecule has 2 atom stereocenters. The Hall–Kier alpha value is -3.17. The highest BCUT2D eigenvalue weighted by Crippen LogP contribution is 2.35. The highest BCUT2D eigenvalue weighted by molar-refractivity contribution is 9.10. The van der Waals surface area contributed by atoms with E-state index in [0.29, 0.717) is 21.5 Å². The predicted octanol–water partition coefficient (Wildman–Crippen LogP) is 5.76. The first-order valence-electron chi connectivity index (χ1n) is 10.5. The number of hydrogen-bond acceptors (Lipinski definition) is 7. The molecule has 0 heterocycles. The molecule has 3 rings (SSSR count). The number of phenolic OH excluding ortho intramolecular Hbond substituents is 1. The van der Waals surface area contributed by atoms with Crippen LogP contribution in [0.2, 0.25) is 0 Å². The molecule has 34 heavy (non-hydrogen) atoms. The number of ether oxygens (including phenoxy) is 3. The Labute approximate surface area is 211 Å². The number of halogens is 1. The van der Waals surface area contributed by atoms with Crippen LogP contribution in [0.25, 0.3) is 0 Å². The van der Waals surface area contributed by atoms with Crippen molar-refractivity contribution >= 4 is 46.3 Å². The van der Waals surface area contributed by atoms with E-state index in [0.717, 1.165) is 0 Å². The number of carbonyl (C=O) groups is 2. The van der Waals surface area contributed by atoms with Gasteiger partial charge < -0.3 is 19.3 Å². The van der Waals surface area contributed by atoms with Gasteiger partial charge in [-0.15, -0.1) is 0 Å². The first kappa shape index (κ1) is 25.5. The largest absolute Gasteiger partial charge is 0.508 e. The molecule has 7 nitrogen and oxygen atoms in total. The summed E-state index contributed by atoms with van der Waals surface area (Å²) < 4.78 is 17.8. The second-order valence-electron chi connectivity index (χ2n) is 7.16. The molecule has 0 bridgehead atoms. The van der Waals surface area contributed by atoms with E-state index in [1.54, 1.807) is 48.5 Å². The minimum absolute atomic E-state index is 0.00578. The van der Waals surface area contributed by atoms with Crippen molar-refractivity contribution in [3.63, 3.8) is 0 Å². The lowest BCUT2D eigenvalue weighted by Crippen LogP contribution is -2.32. The Kier molecular flexibility index (Phi) is 9.66. The van der Waals surface area contributed by atoms with Crippen LogP contribution in [0.4, 0.5) is 10.5 Å². The molecule has 0 aliphatic rings. The van der Waals surface area contributed by atoms with Crippen molar-refractivity contribution in [3.8, 4) is 11.5 Å². The maximum absolute atomic E-state index is 12.8. The van der Waals surface area contributed by atoms with E-state index >= 15 is 0 Å². The quantitative estimate of drug-likeness (QED) is 0.221. The van der Waals surface area contributed by atoms with Crippen molar-refractivity contribution in [2.45, 2.75) is 18.6 Å². The number of rotatable bonds is 10. The van der Waals surface area contributed by atoms with Crippen LogP contribution in [-0.4, -0.2) is 35.6 Å². The lowest BCUT2D eigenvalue weighted by Gasteiger charge is -2.29. The van der Waals surface area contributed by atoms with Crippen molar-refractivity contribution in [2.24, 2.45) is 0 Å². The van der Waals surface area contributed by atoms with Crippen LogP contribution in [0, 0.1) is 0 Å². The van der Waals surface area contributed by atoms with Gasteiger partial charge in [0.05, 0.1) is 12.4 Å². The average molecular weight is 546 g/mol. The molecule has 0 aliphatic carbocycles. The van der Waals surface area contributed by atoms with Gasteiger partial charge in [-0.25, -0.2) is 4.79 Å². The number of amides is 1. The van der Waals surface area contributed by atoms with E-state index in [1.807, 2.05) is 24.3 Å². The van der Waals surface area contributed by atoms with Gasteiger partial charge in [-0.3, -0.25) is 10.1 Å². The fourth-order valence-electron chi connectivity index (χ4n) is 3.16. The number of nitrogens with one attached hydrogen (secondary N) is 1. The van der Waals surface area contributed by atoms with Crippen LogP contribution in [0.1, 0.15) is 18.1 Å². The number of benzene rings is 3. The molecule has 9 heteroatoms. The summed E-state index contributed by atoms with van der Waals surface area (Å²) in [7, 11) is 0. The molecule has 1 amide bonds. The zero-order valence-electron chi connectivity index (χ0n) is 18.1. The molecule has 0 fully saturated rings. The fraction of sp³-hybridized carbons (Fsp3) is 0.200. The number of para-hydroxylation sites is 2. The van der Waals surface area contributed by atoms with Gasteiger partial charge in [0.1, 0.15) is 17.6 Å². The summed E-state index contributed by atoms with van der Waals surface area (Å²) in [5.41, 5.74) is 0.881. The number of thiol groups is 1. The van der Waals surface area contributed by atoms with Crippen molar-refractivity contribution in [1.29, 1.82) is 0 Å². The summed E-state index contributed by atoms with van der Waals surface area (Å²) in [6.07, 6.45) is -2.37. The highest BCUT2D eigenvalue weighted by Gasteiger charge is 2.32. The molecule has 178 valence electrons. The minimum Gasteiger partial charge on any atom is -0.508 e. The van der Waals surface area contributed by atoms with E-state index < -0.39 is 24.3 Å². The zero-order valence-corrected chi connectivity index (χ0v) is 20.6. The average Bonchev–Trinajstić information content (AvgIpc) is 2.84. The van der Waals surface area contributed by atoms with Crippen molar-refractivity contribution in [3.05, 3.63) is 88.9 Å². The first-order chi connectivity index (χ1) is 16.5. The minimum atomic E-state index is -1.03. The number of aromatic hydroxyl groups is 1. The molecule has 0 unspecified atom stereocenters. The van der Waals surface area contributed by atoms with Crippen LogP contribution in [-0.2, 0) is 14.3 Å². The molecule has 0 saturated heterocycles. The highest BCUT2D eigenvalue weighted by atomic mass is 79.9. The number of esters is 1. The Morgan fingerprint density at radius 1 is 1.00 bits per heavy atom. The Morgan fingerprint density at radius 2 is 1.68 bits per heavy atom. The maximum atomic E-state index is 12.8. The zero-order chi connectivity index (χ0) is 24.3.